The zero-order valence-electron chi connectivity index (χ0n) is 21.6. The van der Waals surface area contributed by atoms with E-state index in [-0.39, 0.29) is 24.2 Å². The van der Waals surface area contributed by atoms with E-state index in [2.05, 4.69) is 10.6 Å². The fraction of sp³-hybridized carbons (Fsp3) is 0.870. The van der Waals surface area contributed by atoms with E-state index < -0.39 is 46.0 Å². The van der Waals surface area contributed by atoms with E-state index in [1.54, 1.807) is 55.4 Å². The van der Waals surface area contributed by atoms with E-state index >= 15 is 0 Å². The molecule has 2 atom stereocenters. The van der Waals surface area contributed by atoms with Gasteiger partial charge in [0.2, 0.25) is 11.8 Å². The van der Waals surface area contributed by atoms with Gasteiger partial charge in [-0.3, -0.25) is 14.4 Å². The molecule has 0 aliphatic carbocycles. The predicted molar refractivity (Wildman–Crippen MR) is 128 cm³/mol. The molecule has 0 aromatic heterocycles. The monoisotopic (exact) mass is 457 g/mol. The molecule has 0 rings (SSSR count). The topological polar surface area (TPSA) is 174 Å². The van der Waals surface area contributed by atoms with Crippen molar-refractivity contribution < 1.29 is 19.5 Å². The highest BCUT2D eigenvalue weighted by Crippen LogP contribution is 2.36. The summed E-state index contributed by atoms with van der Waals surface area (Å²) < 4.78 is 0. The van der Waals surface area contributed by atoms with E-state index in [0.717, 1.165) is 0 Å². The maximum atomic E-state index is 13.2. The lowest BCUT2D eigenvalue weighted by atomic mass is 9.70. The predicted octanol–water partition coefficient (Wildman–Crippen LogP) is 1.33. The Morgan fingerprint density at radius 1 is 0.875 bits per heavy atom. The number of carboxylic acids is 1. The number of hydrogen-bond donors (Lipinski definition) is 6. The molecule has 0 unspecified atom stereocenters. The molecule has 0 aliphatic rings. The number of nitrogens with one attached hydrogen (secondary N) is 2. The zero-order valence-corrected chi connectivity index (χ0v) is 21.6. The van der Waals surface area contributed by atoms with Crippen LogP contribution >= 0.6 is 0 Å². The Labute approximate surface area is 193 Å². The molecule has 9 heteroatoms. The van der Waals surface area contributed by atoms with E-state index in [4.69, 9.17) is 17.2 Å². The molecule has 2 amide bonds. The van der Waals surface area contributed by atoms with Gasteiger partial charge < -0.3 is 32.9 Å². The van der Waals surface area contributed by atoms with Crippen LogP contribution in [0.3, 0.4) is 0 Å². The summed E-state index contributed by atoms with van der Waals surface area (Å²) in [6.45, 7) is 18.0. The number of aliphatic carboxylic acids is 1. The molecule has 0 saturated heterocycles. The molecule has 0 spiro atoms. The van der Waals surface area contributed by atoms with Gasteiger partial charge in [-0.2, -0.15) is 0 Å². The second kappa shape index (κ2) is 10.5. The van der Waals surface area contributed by atoms with Crippen molar-refractivity contribution in [1.29, 1.82) is 0 Å². The van der Waals surface area contributed by atoms with Gasteiger partial charge in [0.15, 0.2) is 0 Å². The zero-order chi connectivity index (χ0) is 25.9. The Balaban J connectivity index is 5.69. The number of rotatable bonds is 12. The van der Waals surface area contributed by atoms with Gasteiger partial charge in [-0.1, -0.05) is 41.5 Å². The summed E-state index contributed by atoms with van der Waals surface area (Å²) in [5.74, 6) is -1.68. The van der Waals surface area contributed by atoms with Crippen molar-refractivity contribution in [3.63, 3.8) is 0 Å². The van der Waals surface area contributed by atoms with Gasteiger partial charge in [0.25, 0.3) is 0 Å². The molecule has 188 valence electrons. The lowest BCUT2D eigenvalue weighted by molar-refractivity contribution is -0.143. The average molecular weight is 458 g/mol. The molecule has 0 aromatic carbocycles. The van der Waals surface area contributed by atoms with Gasteiger partial charge in [-0.05, 0) is 51.9 Å². The summed E-state index contributed by atoms with van der Waals surface area (Å²) >= 11 is 0. The Morgan fingerprint density at radius 3 is 1.66 bits per heavy atom. The maximum absolute atomic E-state index is 13.2. The van der Waals surface area contributed by atoms with Crippen molar-refractivity contribution >= 4 is 17.8 Å². The minimum atomic E-state index is -1.12. The molecule has 0 radical (unpaired) electrons. The lowest BCUT2D eigenvalue weighted by Gasteiger charge is -2.41. The van der Waals surface area contributed by atoms with Crippen LogP contribution < -0.4 is 27.8 Å². The van der Waals surface area contributed by atoms with Crippen LogP contribution in [0.25, 0.3) is 0 Å². The third-order valence-corrected chi connectivity index (χ3v) is 5.72. The summed E-state index contributed by atoms with van der Waals surface area (Å²) in [7, 11) is 0. The normalized spacial score (nSPS) is 15.5. The van der Waals surface area contributed by atoms with Gasteiger partial charge in [0, 0.05) is 16.5 Å². The molecule has 32 heavy (non-hydrogen) atoms. The van der Waals surface area contributed by atoms with Gasteiger partial charge in [-0.15, -0.1) is 0 Å². The van der Waals surface area contributed by atoms with E-state index in [0.29, 0.717) is 6.42 Å². The SMILES string of the molecule is CC(C)C[C@H](NC(=O)C(C)(C)CC(C)(C)[C@H](N)C(=O)O)C(=O)NC(C(C)(C)N)C(C)(C)N. The summed E-state index contributed by atoms with van der Waals surface area (Å²) in [5, 5.41) is 15.1. The second-order valence-electron chi connectivity index (χ2n) is 12.1. The number of carboxylic acid groups (broad SMARTS) is 1. The first-order valence-corrected chi connectivity index (χ1v) is 11.2. The van der Waals surface area contributed by atoms with Crippen molar-refractivity contribution in [3.05, 3.63) is 0 Å². The van der Waals surface area contributed by atoms with Gasteiger partial charge >= 0.3 is 5.97 Å². The quantitative estimate of drug-likeness (QED) is 0.256. The fourth-order valence-electron chi connectivity index (χ4n) is 4.29. The van der Waals surface area contributed by atoms with Crippen molar-refractivity contribution in [3.8, 4) is 0 Å². The van der Waals surface area contributed by atoms with Gasteiger partial charge in [0.1, 0.15) is 12.1 Å². The Morgan fingerprint density at radius 2 is 1.31 bits per heavy atom. The summed E-state index contributed by atoms with van der Waals surface area (Å²) in [6, 6.07) is -2.44. The van der Waals surface area contributed by atoms with Gasteiger partial charge in [0.05, 0.1) is 6.04 Å². The van der Waals surface area contributed by atoms with Crippen LogP contribution in [0.5, 0.6) is 0 Å². The minimum Gasteiger partial charge on any atom is -0.480 e. The number of amides is 2. The molecule has 9 N–H and O–H groups in total. The molecule has 0 fully saturated rings. The largest absolute Gasteiger partial charge is 0.480 e. The van der Waals surface area contributed by atoms with E-state index in [1.807, 2.05) is 13.8 Å². The molecule has 0 heterocycles. The molecule has 0 aromatic rings. The fourth-order valence-corrected chi connectivity index (χ4v) is 4.29. The molecular formula is C23H47N5O4. The summed E-state index contributed by atoms with van der Waals surface area (Å²) in [5.41, 5.74) is 15.0. The van der Waals surface area contributed by atoms with Crippen molar-refractivity contribution in [2.24, 2.45) is 33.9 Å². The number of carbonyl (C=O) groups is 3. The highest BCUT2D eigenvalue weighted by molar-refractivity contribution is 5.90. The smallest absolute Gasteiger partial charge is 0.321 e. The van der Waals surface area contributed by atoms with Crippen LogP contribution in [0, 0.1) is 16.7 Å². The number of carbonyl (C=O) groups excluding carboxylic acids is 2. The van der Waals surface area contributed by atoms with Gasteiger partial charge in [-0.25, -0.2) is 0 Å². The highest BCUT2D eigenvalue weighted by Gasteiger charge is 2.42. The minimum absolute atomic E-state index is 0.140. The number of hydrogen-bond acceptors (Lipinski definition) is 6. The van der Waals surface area contributed by atoms with Crippen molar-refractivity contribution in [1.82, 2.24) is 10.6 Å². The average Bonchev–Trinajstić information content (AvgIpc) is 2.54. The first-order valence-electron chi connectivity index (χ1n) is 11.2. The molecule has 0 saturated carbocycles. The third-order valence-electron chi connectivity index (χ3n) is 5.72. The van der Waals surface area contributed by atoms with E-state index in [1.165, 1.54) is 0 Å². The molecule has 0 aliphatic heterocycles. The van der Waals surface area contributed by atoms with Crippen molar-refractivity contribution in [2.45, 2.75) is 111 Å². The maximum Gasteiger partial charge on any atom is 0.321 e. The first-order chi connectivity index (χ1) is 14.0. The third kappa shape index (κ3) is 9.03. The van der Waals surface area contributed by atoms with Crippen LogP contribution in [0.1, 0.15) is 82.1 Å². The lowest BCUT2D eigenvalue weighted by Crippen LogP contribution is -2.68. The van der Waals surface area contributed by atoms with Crippen LogP contribution in [0.2, 0.25) is 0 Å². The molecule has 9 nitrogen and oxygen atoms in total. The number of nitrogens with two attached hydrogens (primary N) is 3. The molecular weight excluding hydrogens is 410 g/mol. The highest BCUT2D eigenvalue weighted by atomic mass is 16.4. The van der Waals surface area contributed by atoms with E-state index in [9.17, 15) is 19.5 Å². The summed E-state index contributed by atoms with van der Waals surface area (Å²) in [4.78, 5) is 37.7. The van der Waals surface area contributed by atoms with Crippen LogP contribution in [-0.2, 0) is 14.4 Å². The van der Waals surface area contributed by atoms with Crippen molar-refractivity contribution in [2.75, 3.05) is 0 Å². The van der Waals surface area contributed by atoms with Crippen LogP contribution in [0.15, 0.2) is 0 Å². The second-order valence-corrected chi connectivity index (χ2v) is 12.1. The van der Waals surface area contributed by atoms with Crippen LogP contribution in [0.4, 0.5) is 0 Å². The standard InChI is InChI=1S/C23H47N5O4/c1-13(2)11-14(16(29)28-18(22(7,8)25)23(9,10)26)27-19(32)21(5,6)12-20(3,4)15(24)17(30)31/h13-15,18H,11-12,24-26H2,1-10H3,(H,27,32)(H,28,29)(H,30,31)/t14-,15+/m0/s1. The first kappa shape index (κ1) is 30.3. The Bertz CT molecular complexity index is 661. The Hall–Kier alpha value is -1.71. The molecule has 0 bridgehead atoms. The van der Waals surface area contributed by atoms with Crippen LogP contribution in [-0.4, -0.2) is 52.1 Å². The Kier molecular flexibility index (Phi) is 9.92. The summed E-state index contributed by atoms with van der Waals surface area (Å²) in [6.07, 6.45) is 0.651.